The number of nitrogens with two attached hydrogens (primary N) is 1. The standard InChI is InChI=1S/C12H18ClN3O/c1-17-7-6-12(4-5-12)8-15-11-9(14)2-3-10(13)16-11/h2-3H,4-8,14H2,1H3,(H,15,16). The van der Waals surface area contributed by atoms with Crippen LogP contribution in [-0.2, 0) is 4.74 Å². The topological polar surface area (TPSA) is 60.2 Å². The van der Waals surface area contributed by atoms with Crippen LogP contribution in [0, 0.1) is 5.41 Å². The van der Waals surface area contributed by atoms with Crippen molar-refractivity contribution in [2.45, 2.75) is 19.3 Å². The zero-order valence-corrected chi connectivity index (χ0v) is 10.8. The summed E-state index contributed by atoms with van der Waals surface area (Å²) in [5, 5.41) is 3.75. The molecule has 1 saturated carbocycles. The summed E-state index contributed by atoms with van der Waals surface area (Å²) >= 11 is 5.84. The molecule has 0 unspecified atom stereocenters. The molecule has 5 heteroatoms. The number of rotatable bonds is 6. The van der Waals surface area contributed by atoms with Crippen LogP contribution in [-0.4, -0.2) is 25.2 Å². The lowest BCUT2D eigenvalue weighted by atomic mass is 10.0. The minimum absolute atomic E-state index is 0.368. The predicted molar refractivity (Wildman–Crippen MR) is 70.3 cm³/mol. The first-order valence-electron chi connectivity index (χ1n) is 5.80. The van der Waals surface area contributed by atoms with E-state index >= 15 is 0 Å². The minimum Gasteiger partial charge on any atom is -0.396 e. The fourth-order valence-electron chi connectivity index (χ4n) is 1.87. The Morgan fingerprint density at radius 3 is 2.94 bits per heavy atom. The number of methoxy groups -OCH3 is 1. The summed E-state index contributed by atoms with van der Waals surface area (Å²) in [5.74, 6) is 0.682. The maximum atomic E-state index is 5.84. The summed E-state index contributed by atoms with van der Waals surface area (Å²) in [5.41, 5.74) is 6.83. The van der Waals surface area contributed by atoms with Gasteiger partial charge in [0.25, 0.3) is 0 Å². The minimum atomic E-state index is 0.368. The average Bonchev–Trinajstić information content (AvgIpc) is 3.09. The van der Waals surface area contributed by atoms with E-state index in [9.17, 15) is 0 Å². The molecule has 1 fully saturated rings. The molecule has 17 heavy (non-hydrogen) atoms. The lowest BCUT2D eigenvalue weighted by Gasteiger charge is -2.16. The van der Waals surface area contributed by atoms with E-state index in [4.69, 9.17) is 22.1 Å². The third-order valence-corrected chi connectivity index (χ3v) is 3.53. The van der Waals surface area contributed by atoms with Crippen molar-refractivity contribution in [2.75, 3.05) is 31.3 Å². The molecule has 0 saturated heterocycles. The summed E-state index contributed by atoms with van der Waals surface area (Å²) in [6.07, 6.45) is 3.56. The Hall–Kier alpha value is -1.00. The van der Waals surface area contributed by atoms with Crippen molar-refractivity contribution >= 4 is 23.1 Å². The van der Waals surface area contributed by atoms with E-state index in [-0.39, 0.29) is 0 Å². The van der Waals surface area contributed by atoms with E-state index in [0.29, 0.717) is 22.1 Å². The third kappa shape index (κ3) is 3.23. The quantitative estimate of drug-likeness (QED) is 0.767. The normalized spacial score (nSPS) is 16.8. The van der Waals surface area contributed by atoms with Crippen LogP contribution in [0.4, 0.5) is 11.5 Å². The zero-order valence-electron chi connectivity index (χ0n) is 10.0. The third-order valence-electron chi connectivity index (χ3n) is 3.32. The van der Waals surface area contributed by atoms with E-state index in [0.717, 1.165) is 19.6 Å². The molecule has 0 aromatic carbocycles. The Labute approximate surface area is 107 Å². The molecular formula is C12H18ClN3O. The van der Waals surface area contributed by atoms with E-state index in [1.54, 1.807) is 19.2 Å². The molecule has 0 amide bonds. The van der Waals surface area contributed by atoms with Crippen molar-refractivity contribution < 1.29 is 4.74 Å². The molecule has 4 nitrogen and oxygen atoms in total. The van der Waals surface area contributed by atoms with Crippen molar-refractivity contribution in [3.8, 4) is 0 Å². The van der Waals surface area contributed by atoms with Crippen LogP contribution in [0.15, 0.2) is 12.1 Å². The molecule has 2 rings (SSSR count). The van der Waals surface area contributed by atoms with Crippen LogP contribution in [0.5, 0.6) is 0 Å². The number of nitrogens with zero attached hydrogens (tertiary/aromatic N) is 1. The number of nitrogens with one attached hydrogen (secondary N) is 1. The highest BCUT2D eigenvalue weighted by molar-refractivity contribution is 6.29. The van der Waals surface area contributed by atoms with E-state index in [2.05, 4.69) is 10.3 Å². The fraction of sp³-hybridized carbons (Fsp3) is 0.583. The number of pyridine rings is 1. The van der Waals surface area contributed by atoms with Gasteiger partial charge in [-0.1, -0.05) is 11.6 Å². The van der Waals surface area contributed by atoms with Gasteiger partial charge < -0.3 is 15.8 Å². The van der Waals surface area contributed by atoms with E-state index in [1.807, 2.05) is 0 Å². The van der Waals surface area contributed by atoms with Gasteiger partial charge in [0.2, 0.25) is 0 Å². The first-order valence-corrected chi connectivity index (χ1v) is 6.18. The molecule has 94 valence electrons. The maximum absolute atomic E-state index is 5.84. The summed E-state index contributed by atoms with van der Waals surface area (Å²) in [7, 11) is 1.74. The van der Waals surface area contributed by atoms with Crippen LogP contribution in [0.25, 0.3) is 0 Å². The van der Waals surface area contributed by atoms with Crippen LogP contribution in [0.3, 0.4) is 0 Å². The van der Waals surface area contributed by atoms with Crippen molar-refractivity contribution in [3.63, 3.8) is 0 Å². The number of nitrogen functional groups attached to an aromatic ring is 1. The molecule has 0 bridgehead atoms. The molecule has 1 aromatic rings. The summed E-state index contributed by atoms with van der Waals surface area (Å²) < 4.78 is 5.12. The van der Waals surface area contributed by atoms with Gasteiger partial charge in [-0.3, -0.25) is 0 Å². The molecule has 1 aliphatic carbocycles. The van der Waals surface area contributed by atoms with Gasteiger partial charge in [0.15, 0.2) is 5.82 Å². The van der Waals surface area contributed by atoms with Gasteiger partial charge in [-0.2, -0.15) is 0 Å². The van der Waals surface area contributed by atoms with Crippen LogP contribution < -0.4 is 11.1 Å². The predicted octanol–water partition coefficient (Wildman–Crippen LogP) is 2.55. The van der Waals surface area contributed by atoms with Crippen molar-refractivity contribution in [2.24, 2.45) is 5.41 Å². The van der Waals surface area contributed by atoms with E-state index < -0.39 is 0 Å². The van der Waals surface area contributed by atoms with E-state index in [1.165, 1.54) is 12.8 Å². The van der Waals surface area contributed by atoms with Gasteiger partial charge in [-0.05, 0) is 36.8 Å². The van der Waals surface area contributed by atoms with Gasteiger partial charge >= 0.3 is 0 Å². The smallest absolute Gasteiger partial charge is 0.150 e. The Bertz CT molecular complexity index is 393. The highest BCUT2D eigenvalue weighted by Crippen LogP contribution is 2.48. The Balaban J connectivity index is 1.91. The molecule has 1 heterocycles. The Morgan fingerprint density at radius 1 is 1.53 bits per heavy atom. The van der Waals surface area contributed by atoms with Crippen LogP contribution >= 0.6 is 11.6 Å². The largest absolute Gasteiger partial charge is 0.396 e. The van der Waals surface area contributed by atoms with Gasteiger partial charge in [-0.15, -0.1) is 0 Å². The first-order chi connectivity index (χ1) is 8.15. The second-order valence-electron chi connectivity index (χ2n) is 4.67. The SMILES string of the molecule is COCCC1(CNc2nc(Cl)ccc2N)CC1. The number of hydrogen-bond donors (Lipinski definition) is 2. The molecule has 0 spiro atoms. The van der Waals surface area contributed by atoms with Gasteiger partial charge in [0, 0.05) is 20.3 Å². The van der Waals surface area contributed by atoms with Crippen molar-refractivity contribution in [1.29, 1.82) is 0 Å². The molecule has 0 aliphatic heterocycles. The number of ether oxygens (including phenoxy) is 1. The number of aromatic nitrogens is 1. The Morgan fingerprint density at radius 2 is 2.29 bits per heavy atom. The summed E-state index contributed by atoms with van der Waals surface area (Å²) in [6, 6.07) is 3.46. The molecule has 0 atom stereocenters. The molecular weight excluding hydrogens is 238 g/mol. The lowest BCUT2D eigenvalue weighted by Crippen LogP contribution is -2.18. The lowest BCUT2D eigenvalue weighted by molar-refractivity contribution is 0.175. The molecule has 3 N–H and O–H groups in total. The highest BCUT2D eigenvalue weighted by Gasteiger charge is 2.41. The first kappa shape index (κ1) is 12.5. The number of halogens is 1. The zero-order chi connectivity index (χ0) is 12.3. The average molecular weight is 256 g/mol. The van der Waals surface area contributed by atoms with Crippen LogP contribution in [0.1, 0.15) is 19.3 Å². The van der Waals surface area contributed by atoms with Crippen LogP contribution in [0.2, 0.25) is 5.15 Å². The maximum Gasteiger partial charge on any atom is 0.150 e. The van der Waals surface area contributed by atoms with Gasteiger partial charge in [0.05, 0.1) is 5.69 Å². The summed E-state index contributed by atoms with van der Waals surface area (Å²) in [4.78, 5) is 4.18. The number of anilines is 2. The van der Waals surface area contributed by atoms with Crippen molar-refractivity contribution in [3.05, 3.63) is 17.3 Å². The highest BCUT2D eigenvalue weighted by atomic mass is 35.5. The number of hydrogen-bond acceptors (Lipinski definition) is 4. The second-order valence-corrected chi connectivity index (χ2v) is 5.06. The second kappa shape index (κ2) is 5.10. The van der Waals surface area contributed by atoms with Crippen molar-refractivity contribution in [1.82, 2.24) is 4.98 Å². The summed E-state index contributed by atoms with van der Waals surface area (Å²) in [6.45, 7) is 1.69. The van der Waals surface area contributed by atoms with Gasteiger partial charge in [0.1, 0.15) is 5.15 Å². The molecule has 1 aromatic heterocycles. The van der Waals surface area contributed by atoms with Gasteiger partial charge in [-0.25, -0.2) is 4.98 Å². The molecule has 1 aliphatic rings. The fourth-order valence-corrected chi connectivity index (χ4v) is 2.02. The molecule has 0 radical (unpaired) electrons. The Kier molecular flexibility index (Phi) is 3.74. The monoisotopic (exact) mass is 255 g/mol.